The van der Waals surface area contributed by atoms with Gasteiger partial charge in [0.1, 0.15) is 0 Å². The van der Waals surface area contributed by atoms with Gasteiger partial charge in [0, 0.05) is 4.83 Å². The lowest BCUT2D eigenvalue weighted by Gasteiger charge is -2.12. The molecule has 0 nitrogen and oxygen atoms in total. The van der Waals surface area contributed by atoms with Crippen molar-refractivity contribution >= 4 is 15.9 Å². The van der Waals surface area contributed by atoms with E-state index in [1.54, 1.807) is 0 Å². The van der Waals surface area contributed by atoms with Crippen molar-refractivity contribution in [2.24, 2.45) is 5.92 Å². The molecule has 0 amide bonds. The molecule has 0 aromatic heterocycles. The molecule has 84 valence electrons. The smallest absolute Gasteiger partial charge is 0.0168 e. The molecule has 1 heteroatoms. The Bertz CT molecular complexity index is 253. The van der Waals surface area contributed by atoms with Gasteiger partial charge in [-0.1, -0.05) is 66.5 Å². The normalized spacial score (nSPS) is 13.1. The Morgan fingerprint density at radius 1 is 1.07 bits per heavy atom. The van der Waals surface area contributed by atoms with Gasteiger partial charge in [-0.05, 0) is 30.7 Å². The number of rotatable bonds is 6. The predicted molar refractivity (Wildman–Crippen MR) is 71.6 cm³/mol. The van der Waals surface area contributed by atoms with E-state index in [-0.39, 0.29) is 0 Å². The first-order valence-electron chi connectivity index (χ1n) is 5.88. The summed E-state index contributed by atoms with van der Waals surface area (Å²) >= 11 is 3.73. The van der Waals surface area contributed by atoms with Gasteiger partial charge < -0.3 is 0 Å². The monoisotopic (exact) mass is 268 g/mol. The Balaban J connectivity index is 2.12. The van der Waals surface area contributed by atoms with Crippen molar-refractivity contribution in [1.82, 2.24) is 0 Å². The molecule has 1 rings (SSSR count). The van der Waals surface area contributed by atoms with Crippen LogP contribution >= 0.6 is 15.9 Å². The van der Waals surface area contributed by atoms with Gasteiger partial charge in [0.05, 0.1) is 0 Å². The van der Waals surface area contributed by atoms with E-state index >= 15 is 0 Å². The van der Waals surface area contributed by atoms with Gasteiger partial charge in [0.25, 0.3) is 0 Å². The van der Waals surface area contributed by atoms with Crippen molar-refractivity contribution in [2.75, 3.05) is 0 Å². The molecule has 0 N–H and O–H groups in total. The maximum Gasteiger partial charge on any atom is 0.0168 e. The minimum atomic E-state index is 0.688. The first-order valence-corrected chi connectivity index (χ1v) is 6.79. The van der Waals surface area contributed by atoms with Crippen LogP contribution in [0.5, 0.6) is 0 Å². The standard InChI is InChI=1S/C14H21Br/c1-12(2)14(15)11-7-6-10-13-8-4-3-5-9-13/h3-5,8-9,12,14H,6-7,10-11H2,1-2H3. The highest BCUT2D eigenvalue weighted by molar-refractivity contribution is 9.09. The zero-order valence-electron chi connectivity index (χ0n) is 9.75. The molecule has 1 atom stereocenters. The molecule has 0 bridgehead atoms. The first-order chi connectivity index (χ1) is 7.20. The van der Waals surface area contributed by atoms with E-state index in [1.165, 1.54) is 31.2 Å². The van der Waals surface area contributed by atoms with Crippen molar-refractivity contribution in [1.29, 1.82) is 0 Å². The molecule has 0 fully saturated rings. The molecule has 0 saturated carbocycles. The van der Waals surface area contributed by atoms with E-state index in [4.69, 9.17) is 0 Å². The summed E-state index contributed by atoms with van der Waals surface area (Å²) in [5.74, 6) is 0.752. The number of unbranched alkanes of at least 4 members (excludes halogenated alkanes) is 1. The van der Waals surface area contributed by atoms with Crippen molar-refractivity contribution in [3.8, 4) is 0 Å². The summed E-state index contributed by atoms with van der Waals surface area (Å²) in [5.41, 5.74) is 1.47. The molecule has 0 spiro atoms. The lowest BCUT2D eigenvalue weighted by molar-refractivity contribution is 0.550. The Morgan fingerprint density at radius 3 is 2.33 bits per heavy atom. The van der Waals surface area contributed by atoms with Gasteiger partial charge in [-0.25, -0.2) is 0 Å². The summed E-state index contributed by atoms with van der Waals surface area (Å²) in [6, 6.07) is 10.8. The van der Waals surface area contributed by atoms with E-state index in [0.717, 1.165) is 5.92 Å². The fourth-order valence-electron chi connectivity index (χ4n) is 1.65. The molecule has 0 aliphatic rings. The molecule has 0 saturated heterocycles. The van der Waals surface area contributed by atoms with Crippen LogP contribution < -0.4 is 0 Å². The van der Waals surface area contributed by atoms with Crippen molar-refractivity contribution in [3.63, 3.8) is 0 Å². The van der Waals surface area contributed by atoms with Gasteiger partial charge in [0.2, 0.25) is 0 Å². The number of alkyl halides is 1. The summed E-state index contributed by atoms with van der Waals surface area (Å²) in [5, 5.41) is 0. The molecule has 1 aromatic rings. The molecule has 1 aromatic carbocycles. The van der Waals surface area contributed by atoms with Crippen LogP contribution in [0.2, 0.25) is 0 Å². The second kappa shape index (κ2) is 7.05. The molecule has 15 heavy (non-hydrogen) atoms. The van der Waals surface area contributed by atoms with Crippen LogP contribution in [-0.4, -0.2) is 4.83 Å². The van der Waals surface area contributed by atoms with E-state index in [1.807, 2.05) is 0 Å². The average molecular weight is 269 g/mol. The molecular weight excluding hydrogens is 248 g/mol. The number of benzene rings is 1. The number of aryl methyl sites for hydroxylation is 1. The van der Waals surface area contributed by atoms with Crippen LogP contribution in [0, 0.1) is 5.92 Å². The summed E-state index contributed by atoms with van der Waals surface area (Å²) < 4.78 is 0. The minimum Gasteiger partial charge on any atom is -0.0888 e. The van der Waals surface area contributed by atoms with E-state index < -0.39 is 0 Å². The van der Waals surface area contributed by atoms with Crippen LogP contribution in [-0.2, 0) is 6.42 Å². The fourth-order valence-corrected chi connectivity index (χ4v) is 1.97. The van der Waals surface area contributed by atoms with Crippen LogP contribution in [0.1, 0.15) is 38.7 Å². The second-order valence-electron chi connectivity index (χ2n) is 4.49. The molecular formula is C14H21Br. The predicted octanol–water partition coefficient (Wildman–Crippen LogP) is 4.82. The fraction of sp³-hybridized carbons (Fsp3) is 0.571. The van der Waals surface area contributed by atoms with Gasteiger partial charge in [0.15, 0.2) is 0 Å². The van der Waals surface area contributed by atoms with Crippen LogP contribution in [0.3, 0.4) is 0 Å². The Morgan fingerprint density at radius 2 is 1.73 bits per heavy atom. The molecule has 0 heterocycles. The third kappa shape index (κ3) is 5.36. The zero-order chi connectivity index (χ0) is 11.1. The van der Waals surface area contributed by atoms with Gasteiger partial charge in [-0.2, -0.15) is 0 Å². The maximum absolute atomic E-state index is 3.73. The molecule has 1 unspecified atom stereocenters. The summed E-state index contributed by atoms with van der Waals surface area (Å²) in [4.78, 5) is 0.688. The highest BCUT2D eigenvalue weighted by Gasteiger charge is 2.07. The molecule has 0 radical (unpaired) electrons. The molecule has 0 aliphatic heterocycles. The Hall–Kier alpha value is -0.300. The average Bonchev–Trinajstić information content (AvgIpc) is 2.25. The van der Waals surface area contributed by atoms with Gasteiger partial charge >= 0.3 is 0 Å². The quantitative estimate of drug-likeness (QED) is 0.513. The van der Waals surface area contributed by atoms with E-state index in [9.17, 15) is 0 Å². The summed E-state index contributed by atoms with van der Waals surface area (Å²) in [7, 11) is 0. The highest BCUT2D eigenvalue weighted by Crippen LogP contribution is 2.19. The van der Waals surface area contributed by atoms with E-state index in [2.05, 4.69) is 60.1 Å². The minimum absolute atomic E-state index is 0.688. The third-order valence-corrected chi connectivity index (χ3v) is 4.28. The van der Waals surface area contributed by atoms with Crippen LogP contribution in [0.15, 0.2) is 30.3 Å². The SMILES string of the molecule is CC(C)C(Br)CCCCc1ccccc1. The van der Waals surface area contributed by atoms with Crippen LogP contribution in [0.25, 0.3) is 0 Å². The van der Waals surface area contributed by atoms with E-state index in [0.29, 0.717) is 4.83 Å². The summed E-state index contributed by atoms with van der Waals surface area (Å²) in [6.45, 7) is 4.55. The largest absolute Gasteiger partial charge is 0.0888 e. The van der Waals surface area contributed by atoms with Crippen LogP contribution in [0.4, 0.5) is 0 Å². The lowest BCUT2D eigenvalue weighted by Crippen LogP contribution is -2.06. The highest BCUT2D eigenvalue weighted by atomic mass is 79.9. The maximum atomic E-state index is 3.73. The lowest BCUT2D eigenvalue weighted by atomic mass is 10.0. The van der Waals surface area contributed by atoms with Gasteiger partial charge in [-0.15, -0.1) is 0 Å². The van der Waals surface area contributed by atoms with Gasteiger partial charge in [-0.3, -0.25) is 0 Å². The number of hydrogen-bond donors (Lipinski definition) is 0. The first kappa shape index (κ1) is 12.8. The zero-order valence-corrected chi connectivity index (χ0v) is 11.3. The Labute approximate surface area is 102 Å². The number of halogens is 1. The van der Waals surface area contributed by atoms with Crippen molar-refractivity contribution < 1.29 is 0 Å². The second-order valence-corrected chi connectivity index (χ2v) is 5.67. The Kier molecular flexibility index (Phi) is 6.00. The number of hydrogen-bond acceptors (Lipinski definition) is 0. The van der Waals surface area contributed by atoms with Crippen molar-refractivity contribution in [2.45, 2.75) is 44.4 Å². The summed E-state index contributed by atoms with van der Waals surface area (Å²) in [6.07, 6.45) is 5.14. The van der Waals surface area contributed by atoms with Crippen molar-refractivity contribution in [3.05, 3.63) is 35.9 Å². The third-order valence-electron chi connectivity index (χ3n) is 2.76. The molecule has 0 aliphatic carbocycles. The topological polar surface area (TPSA) is 0 Å².